The third kappa shape index (κ3) is 4.82. The molecule has 17 heavy (non-hydrogen) atoms. The quantitative estimate of drug-likeness (QED) is 0.678. The number of aromatic carboxylic acids is 1. The van der Waals surface area contributed by atoms with E-state index in [2.05, 4.69) is 17.2 Å². The molecule has 0 aliphatic carbocycles. The highest BCUT2D eigenvalue weighted by Gasteiger charge is 2.08. The van der Waals surface area contributed by atoms with Gasteiger partial charge in [-0.3, -0.25) is 4.98 Å². The Kier molecular flexibility index (Phi) is 6.03. The van der Waals surface area contributed by atoms with E-state index in [1.165, 1.54) is 6.20 Å². The minimum atomic E-state index is -0.979. The highest BCUT2D eigenvalue weighted by molar-refractivity contribution is 5.93. The van der Waals surface area contributed by atoms with Gasteiger partial charge in [-0.15, -0.1) is 0 Å². The van der Waals surface area contributed by atoms with Crippen LogP contribution in [0.4, 0.5) is 5.69 Å². The van der Waals surface area contributed by atoms with Crippen molar-refractivity contribution >= 4 is 11.7 Å². The molecular weight excluding hydrogens is 220 g/mol. The van der Waals surface area contributed by atoms with Gasteiger partial charge in [0.2, 0.25) is 0 Å². The maximum absolute atomic E-state index is 10.9. The summed E-state index contributed by atoms with van der Waals surface area (Å²) in [6.45, 7) is 4.02. The van der Waals surface area contributed by atoms with Crippen molar-refractivity contribution in [3.63, 3.8) is 0 Å². The number of carboxylic acids is 1. The summed E-state index contributed by atoms with van der Waals surface area (Å²) in [5, 5.41) is 12.0. The minimum Gasteiger partial charge on any atom is -0.478 e. The fourth-order valence-electron chi connectivity index (χ4n) is 1.33. The molecule has 1 heterocycles. The molecule has 1 aromatic rings. The van der Waals surface area contributed by atoms with Gasteiger partial charge in [0, 0.05) is 25.5 Å². The van der Waals surface area contributed by atoms with Crippen LogP contribution in [0, 0.1) is 0 Å². The summed E-state index contributed by atoms with van der Waals surface area (Å²) in [5.74, 6) is -0.979. The van der Waals surface area contributed by atoms with Crippen LogP contribution in [0.5, 0.6) is 0 Å². The number of carbonyl (C=O) groups is 1. The van der Waals surface area contributed by atoms with Crippen LogP contribution in [0.3, 0.4) is 0 Å². The second-order valence-corrected chi connectivity index (χ2v) is 3.62. The zero-order valence-corrected chi connectivity index (χ0v) is 9.98. The van der Waals surface area contributed by atoms with Gasteiger partial charge >= 0.3 is 5.97 Å². The number of pyridine rings is 1. The summed E-state index contributed by atoms with van der Waals surface area (Å²) >= 11 is 0. The molecule has 0 aliphatic heterocycles. The zero-order valence-electron chi connectivity index (χ0n) is 9.98. The van der Waals surface area contributed by atoms with Gasteiger partial charge in [0.15, 0.2) is 0 Å². The second kappa shape index (κ2) is 7.62. The molecular formula is C12H18N2O3. The number of ether oxygens (including phenoxy) is 1. The Labute approximate surface area is 101 Å². The molecule has 1 rings (SSSR count). The van der Waals surface area contributed by atoms with Crippen LogP contribution >= 0.6 is 0 Å². The average molecular weight is 238 g/mol. The lowest BCUT2D eigenvalue weighted by atomic mass is 10.2. The van der Waals surface area contributed by atoms with E-state index >= 15 is 0 Å². The van der Waals surface area contributed by atoms with Crippen LogP contribution in [-0.4, -0.2) is 35.8 Å². The first kappa shape index (κ1) is 13.4. The van der Waals surface area contributed by atoms with Gasteiger partial charge in [0.25, 0.3) is 0 Å². The molecule has 0 fully saturated rings. The molecule has 0 amide bonds. The Morgan fingerprint density at radius 2 is 2.35 bits per heavy atom. The topological polar surface area (TPSA) is 71.5 Å². The SMILES string of the molecule is CCCCOCCNc1ccncc1C(=O)O. The molecule has 0 saturated carbocycles. The van der Waals surface area contributed by atoms with Crippen molar-refractivity contribution in [2.75, 3.05) is 25.1 Å². The molecule has 2 N–H and O–H groups in total. The lowest BCUT2D eigenvalue weighted by Crippen LogP contribution is -2.12. The Morgan fingerprint density at radius 1 is 1.53 bits per heavy atom. The van der Waals surface area contributed by atoms with Crippen LogP contribution in [0.25, 0.3) is 0 Å². The van der Waals surface area contributed by atoms with Gasteiger partial charge in [-0.25, -0.2) is 4.79 Å². The summed E-state index contributed by atoms with van der Waals surface area (Å²) < 4.78 is 5.37. The summed E-state index contributed by atoms with van der Waals surface area (Å²) in [7, 11) is 0. The third-order valence-electron chi connectivity index (χ3n) is 2.26. The average Bonchev–Trinajstić information content (AvgIpc) is 2.34. The van der Waals surface area contributed by atoms with Crippen molar-refractivity contribution in [3.05, 3.63) is 24.0 Å². The number of unbranched alkanes of at least 4 members (excludes halogenated alkanes) is 1. The van der Waals surface area contributed by atoms with E-state index in [0.29, 0.717) is 18.8 Å². The number of rotatable bonds is 8. The van der Waals surface area contributed by atoms with Crippen LogP contribution in [0.1, 0.15) is 30.1 Å². The van der Waals surface area contributed by atoms with Crippen molar-refractivity contribution in [1.82, 2.24) is 4.98 Å². The van der Waals surface area contributed by atoms with Crippen molar-refractivity contribution < 1.29 is 14.6 Å². The molecule has 94 valence electrons. The maximum Gasteiger partial charge on any atom is 0.339 e. The van der Waals surface area contributed by atoms with Gasteiger partial charge in [-0.05, 0) is 12.5 Å². The first-order valence-corrected chi connectivity index (χ1v) is 5.74. The molecule has 0 spiro atoms. The highest BCUT2D eigenvalue weighted by Crippen LogP contribution is 2.12. The summed E-state index contributed by atoms with van der Waals surface area (Å²) in [6.07, 6.45) is 5.06. The second-order valence-electron chi connectivity index (χ2n) is 3.62. The standard InChI is InChI=1S/C12H18N2O3/c1-2-3-7-17-8-6-14-11-4-5-13-9-10(11)12(15)16/h4-5,9H,2-3,6-8H2,1H3,(H,13,14)(H,15,16). The molecule has 0 saturated heterocycles. The van der Waals surface area contributed by atoms with Crippen LogP contribution in [-0.2, 0) is 4.74 Å². The van der Waals surface area contributed by atoms with Crippen molar-refractivity contribution in [3.8, 4) is 0 Å². The zero-order chi connectivity index (χ0) is 12.5. The van der Waals surface area contributed by atoms with Gasteiger partial charge in [-0.2, -0.15) is 0 Å². The van der Waals surface area contributed by atoms with E-state index in [1.807, 2.05) is 0 Å². The highest BCUT2D eigenvalue weighted by atomic mass is 16.5. The van der Waals surface area contributed by atoms with Gasteiger partial charge in [-0.1, -0.05) is 13.3 Å². The minimum absolute atomic E-state index is 0.182. The predicted molar refractivity (Wildman–Crippen MR) is 65.4 cm³/mol. The number of hydrogen-bond acceptors (Lipinski definition) is 4. The number of carboxylic acid groups (broad SMARTS) is 1. The molecule has 0 atom stereocenters. The van der Waals surface area contributed by atoms with E-state index in [0.717, 1.165) is 19.4 Å². The lowest BCUT2D eigenvalue weighted by Gasteiger charge is -2.09. The van der Waals surface area contributed by atoms with E-state index in [9.17, 15) is 4.79 Å². The molecule has 0 radical (unpaired) electrons. The normalized spacial score (nSPS) is 10.2. The van der Waals surface area contributed by atoms with E-state index < -0.39 is 5.97 Å². The fourth-order valence-corrected chi connectivity index (χ4v) is 1.33. The molecule has 5 nitrogen and oxygen atoms in total. The predicted octanol–water partition coefficient (Wildman–Crippen LogP) is 2.01. The van der Waals surface area contributed by atoms with E-state index in [-0.39, 0.29) is 5.56 Å². The number of nitrogens with one attached hydrogen (secondary N) is 1. The smallest absolute Gasteiger partial charge is 0.339 e. The monoisotopic (exact) mass is 238 g/mol. The summed E-state index contributed by atoms with van der Waals surface area (Å²) in [6, 6.07) is 1.65. The Morgan fingerprint density at radius 3 is 3.06 bits per heavy atom. The summed E-state index contributed by atoms with van der Waals surface area (Å²) in [5.41, 5.74) is 0.757. The molecule has 0 bridgehead atoms. The maximum atomic E-state index is 10.9. The lowest BCUT2D eigenvalue weighted by molar-refractivity contribution is 0.0697. The Balaban J connectivity index is 2.34. The van der Waals surface area contributed by atoms with E-state index in [4.69, 9.17) is 9.84 Å². The Bertz CT molecular complexity index is 355. The first-order chi connectivity index (χ1) is 8.25. The van der Waals surface area contributed by atoms with Gasteiger partial charge in [0.1, 0.15) is 5.56 Å². The molecule has 0 aromatic carbocycles. The van der Waals surface area contributed by atoms with Crippen molar-refractivity contribution in [2.45, 2.75) is 19.8 Å². The number of nitrogens with zero attached hydrogens (tertiary/aromatic N) is 1. The molecule has 5 heteroatoms. The molecule has 0 aliphatic rings. The number of anilines is 1. The first-order valence-electron chi connectivity index (χ1n) is 5.74. The van der Waals surface area contributed by atoms with Crippen LogP contribution < -0.4 is 5.32 Å². The van der Waals surface area contributed by atoms with Gasteiger partial charge in [0.05, 0.1) is 12.3 Å². The number of hydrogen-bond donors (Lipinski definition) is 2. The summed E-state index contributed by atoms with van der Waals surface area (Å²) in [4.78, 5) is 14.7. The van der Waals surface area contributed by atoms with E-state index in [1.54, 1.807) is 12.3 Å². The fraction of sp³-hybridized carbons (Fsp3) is 0.500. The molecule has 0 unspecified atom stereocenters. The largest absolute Gasteiger partial charge is 0.478 e. The Hall–Kier alpha value is -1.62. The number of aromatic nitrogens is 1. The van der Waals surface area contributed by atoms with Gasteiger partial charge < -0.3 is 15.2 Å². The molecule has 1 aromatic heterocycles. The third-order valence-corrected chi connectivity index (χ3v) is 2.26. The van der Waals surface area contributed by atoms with Crippen LogP contribution in [0.15, 0.2) is 18.5 Å². The van der Waals surface area contributed by atoms with Crippen molar-refractivity contribution in [2.24, 2.45) is 0 Å². The van der Waals surface area contributed by atoms with Crippen LogP contribution in [0.2, 0.25) is 0 Å². The van der Waals surface area contributed by atoms with Crippen molar-refractivity contribution in [1.29, 1.82) is 0 Å².